The van der Waals surface area contributed by atoms with E-state index in [1.807, 2.05) is 60.9 Å². The van der Waals surface area contributed by atoms with E-state index in [-0.39, 0.29) is 12.4 Å². The second-order valence-electron chi connectivity index (χ2n) is 6.84. The number of Topliss-reactive ketones (excluding diaryl/α,β-unsaturated/α-hetero) is 1. The highest BCUT2D eigenvalue weighted by Gasteiger charge is 2.20. The van der Waals surface area contributed by atoms with Crippen molar-refractivity contribution in [2.24, 2.45) is 0 Å². The Morgan fingerprint density at radius 1 is 1.03 bits per heavy atom. The summed E-state index contributed by atoms with van der Waals surface area (Å²) >= 11 is 5.97. The third-order valence-corrected chi connectivity index (χ3v) is 5.21. The maximum absolute atomic E-state index is 12.7. The van der Waals surface area contributed by atoms with Crippen molar-refractivity contribution in [3.05, 3.63) is 88.3 Å². The largest absolute Gasteiger partial charge is 0.454 e. The van der Waals surface area contributed by atoms with Crippen molar-refractivity contribution in [1.29, 1.82) is 0 Å². The highest BCUT2D eigenvalue weighted by Crippen LogP contribution is 2.23. The first-order chi connectivity index (χ1) is 14.0. The molecule has 0 saturated carbocycles. The second-order valence-corrected chi connectivity index (χ2v) is 7.28. The Morgan fingerprint density at radius 2 is 1.76 bits per heavy atom. The molecule has 2 aromatic carbocycles. The number of halogens is 1. The zero-order valence-electron chi connectivity index (χ0n) is 16.0. The summed E-state index contributed by atoms with van der Waals surface area (Å²) in [7, 11) is 0. The fraction of sp³-hybridized carbons (Fsp3) is 0.130. The van der Waals surface area contributed by atoms with Crippen molar-refractivity contribution in [3.8, 4) is 5.69 Å². The number of carbonyl (C=O) groups is 2. The van der Waals surface area contributed by atoms with Crippen LogP contribution in [0, 0.1) is 13.8 Å². The number of nitrogens with zero attached hydrogens (tertiary/aromatic N) is 1. The topological polar surface area (TPSA) is 64.1 Å². The minimum absolute atomic E-state index is 0.244. The minimum Gasteiger partial charge on any atom is -0.454 e. The van der Waals surface area contributed by atoms with Crippen LogP contribution in [0.25, 0.3) is 16.6 Å². The molecule has 2 aromatic heterocycles. The molecule has 6 heteroatoms. The van der Waals surface area contributed by atoms with Crippen LogP contribution in [0.15, 0.2) is 60.8 Å². The normalized spacial score (nSPS) is 11.0. The van der Waals surface area contributed by atoms with E-state index in [1.54, 1.807) is 18.3 Å². The van der Waals surface area contributed by atoms with E-state index in [1.165, 1.54) is 0 Å². The predicted octanol–water partition coefficient (Wildman–Crippen LogP) is 5.27. The van der Waals surface area contributed by atoms with Gasteiger partial charge in [0.15, 0.2) is 6.61 Å². The van der Waals surface area contributed by atoms with Crippen LogP contribution in [0.2, 0.25) is 5.02 Å². The number of carbonyl (C=O) groups excluding carboxylic acids is 2. The van der Waals surface area contributed by atoms with E-state index in [0.29, 0.717) is 16.1 Å². The van der Waals surface area contributed by atoms with Crippen molar-refractivity contribution in [3.63, 3.8) is 0 Å². The molecular weight excluding hydrogens is 388 g/mol. The summed E-state index contributed by atoms with van der Waals surface area (Å²) in [5.74, 6) is -0.770. The van der Waals surface area contributed by atoms with E-state index in [2.05, 4.69) is 4.98 Å². The third-order valence-electron chi connectivity index (χ3n) is 4.96. The molecule has 0 aliphatic carbocycles. The fourth-order valence-corrected chi connectivity index (χ4v) is 3.69. The molecule has 4 rings (SSSR count). The summed E-state index contributed by atoms with van der Waals surface area (Å²) in [6, 6.07) is 16.7. The SMILES string of the molecule is Cc1cc(C(=O)COC(=O)c2c[nH]c3ccccc23)c(C)n1-c1ccc(Cl)cc1. The molecule has 2 heterocycles. The van der Waals surface area contributed by atoms with Crippen LogP contribution in [-0.2, 0) is 4.74 Å². The van der Waals surface area contributed by atoms with E-state index < -0.39 is 5.97 Å². The number of aromatic nitrogens is 2. The molecule has 1 N–H and O–H groups in total. The maximum atomic E-state index is 12.7. The quantitative estimate of drug-likeness (QED) is 0.363. The highest BCUT2D eigenvalue weighted by atomic mass is 35.5. The molecule has 0 atom stereocenters. The molecule has 0 unspecified atom stereocenters. The zero-order chi connectivity index (χ0) is 20.5. The molecule has 0 saturated heterocycles. The lowest BCUT2D eigenvalue weighted by molar-refractivity contribution is 0.0476. The number of H-pyrrole nitrogens is 1. The predicted molar refractivity (Wildman–Crippen MR) is 113 cm³/mol. The fourth-order valence-electron chi connectivity index (χ4n) is 3.56. The number of esters is 1. The standard InChI is InChI=1S/C23H19ClN2O3/c1-14-11-19(15(2)26(14)17-9-7-16(24)8-10-17)22(27)13-29-23(28)20-12-25-21-6-4-3-5-18(20)21/h3-12,25H,13H2,1-2H3. The molecule has 146 valence electrons. The zero-order valence-corrected chi connectivity index (χ0v) is 16.8. The van der Waals surface area contributed by atoms with Gasteiger partial charge >= 0.3 is 5.97 Å². The number of hydrogen-bond acceptors (Lipinski definition) is 3. The van der Waals surface area contributed by atoms with Gasteiger partial charge in [-0.1, -0.05) is 29.8 Å². The number of benzene rings is 2. The number of aryl methyl sites for hydroxylation is 1. The molecule has 0 radical (unpaired) electrons. The van der Waals surface area contributed by atoms with Crippen LogP contribution in [-0.4, -0.2) is 27.9 Å². The van der Waals surface area contributed by atoms with Gasteiger partial charge in [0.1, 0.15) is 0 Å². The van der Waals surface area contributed by atoms with Crippen LogP contribution in [0.4, 0.5) is 0 Å². The number of rotatable bonds is 5. The molecule has 0 aliphatic rings. The van der Waals surface area contributed by atoms with E-state index in [0.717, 1.165) is 28.0 Å². The Balaban J connectivity index is 1.52. The summed E-state index contributed by atoms with van der Waals surface area (Å²) < 4.78 is 7.28. The van der Waals surface area contributed by atoms with Crippen molar-refractivity contribution in [2.75, 3.05) is 6.61 Å². The Morgan fingerprint density at radius 3 is 2.52 bits per heavy atom. The van der Waals surface area contributed by atoms with E-state index in [4.69, 9.17) is 16.3 Å². The average Bonchev–Trinajstić information content (AvgIpc) is 3.28. The molecule has 0 bridgehead atoms. The second kappa shape index (κ2) is 7.60. The monoisotopic (exact) mass is 406 g/mol. The lowest BCUT2D eigenvalue weighted by atomic mass is 10.1. The maximum Gasteiger partial charge on any atom is 0.340 e. The Hall–Kier alpha value is -3.31. The van der Waals surface area contributed by atoms with Gasteiger partial charge in [-0.25, -0.2) is 4.79 Å². The van der Waals surface area contributed by atoms with Crippen molar-refractivity contribution in [1.82, 2.24) is 9.55 Å². The van der Waals surface area contributed by atoms with Gasteiger partial charge in [0.2, 0.25) is 5.78 Å². The van der Waals surface area contributed by atoms with E-state index in [9.17, 15) is 9.59 Å². The summed E-state index contributed by atoms with van der Waals surface area (Å²) in [6.07, 6.45) is 1.60. The Labute approximate surface area is 172 Å². The van der Waals surface area contributed by atoms with Gasteiger partial charge in [0.05, 0.1) is 5.56 Å². The summed E-state index contributed by atoms with van der Waals surface area (Å²) in [5.41, 5.74) is 4.41. The van der Waals surface area contributed by atoms with Crippen molar-refractivity contribution >= 4 is 34.3 Å². The number of hydrogen-bond donors (Lipinski definition) is 1. The number of nitrogens with one attached hydrogen (secondary N) is 1. The Kier molecular flexibility index (Phi) is 4.99. The number of ether oxygens (including phenoxy) is 1. The minimum atomic E-state index is -0.526. The molecule has 0 fully saturated rings. The summed E-state index contributed by atoms with van der Waals surface area (Å²) in [5, 5.41) is 1.42. The smallest absolute Gasteiger partial charge is 0.340 e. The van der Waals surface area contributed by atoms with Gasteiger partial charge in [-0.3, -0.25) is 4.79 Å². The summed E-state index contributed by atoms with van der Waals surface area (Å²) in [6.45, 7) is 3.48. The average molecular weight is 407 g/mol. The number of fused-ring (bicyclic) bond motifs is 1. The van der Waals surface area contributed by atoms with Crippen molar-refractivity contribution < 1.29 is 14.3 Å². The number of aromatic amines is 1. The van der Waals surface area contributed by atoms with Gasteiger partial charge in [-0.2, -0.15) is 0 Å². The van der Waals surface area contributed by atoms with Crippen LogP contribution in [0.1, 0.15) is 32.1 Å². The molecule has 0 amide bonds. The number of ketones is 1. The first kappa shape index (κ1) is 19.0. The molecule has 0 aliphatic heterocycles. The van der Waals surface area contributed by atoms with E-state index >= 15 is 0 Å². The van der Waals surface area contributed by atoms with Crippen LogP contribution < -0.4 is 0 Å². The van der Waals surface area contributed by atoms with Crippen LogP contribution >= 0.6 is 11.6 Å². The van der Waals surface area contributed by atoms with Gasteiger partial charge in [-0.05, 0) is 50.2 Å². The lowest BCUT2D eigenvalue weighted by Crippen LogP contribution is -2.14. The lowest BCUT2D eigenvalue weighted by Gasteiger charge is -2.10. The first-order valence-corrected chi connectivity index (χ1v) is 9.55. The molecule has 5 nitrogen and oxygen atoms in total. The Bertz CT molecular complexity index is 1220. The highest BCUT2D eigenvalue weighted by molar-refractivity contribution is 6.30. The van der Waals surface area contributed by atoms with Gasteiger partial charge < -0.3 is 14.3 Å². The summed E-state index contributed by atoms with van der Waals surface area (Å²) in [4.78, 5) is 28.2. The first-order valence-electron chi connectivity index (χ1n) is 9.17. The van der Waals surface area contributed by atoms with Gasteiger partial charge in [0.25, 0.3) is 0 Å². The van der Waals surface area contributed by atoms with Crippen LogP contribution in [0.5, 0.6) is 0 Å². The molecular formula is C23H19ClN2O3. The number of para-hydroxylation sites is 1. The van der Waals surface area contributed by atoms with Crippen LogP contribution in [0.3, 0.4) is 0 Å². The molecule has 4 aromatic rings. The van der Waals surface area contributed by atoms with Gasteiger partial charge in [-0.15, -0.1) is 0 Å². The van der Waals surface area contributed by atoms with Gasteiger partial charge in [0, 0.05) is 44.8 Å². The third kappa shape index (κ3) is 3.57. The van der Waals surface area contributed by atoms with Crippen molar-refractivity contribution in [2.45, 2.75) is 13.8 Å². The molecule has 0 spiro atoms. The molecule has 29 heavy (non-hydrogen) atoms.